The predicted octanol–water partition coefficient (Wildman–Crippen LogP) is 2.67. The van der Waals surface area contributed by atoms with E-state index < -0.39 is 0 Å². The number of thiophene rings is 1. The second kappa shape index (κ2) is 5.96. The van der Waals surface area contributed by atoms with Gasteiger partial charge in [-0.05, 0) is 29.1 Å². The number of benzene rings is 1. The van der Waals surface area contributed by atoms with Crippen LogP contribution in [-0.4, -0.2) is 32.0 Å². The highest BCUT2D eigenvalue weighted by molar-refractivity contribution is 7.12. The summed E-state index contributed by atoms with van der Waals surface area (Å²) in [5.74, 6) is -0.0332. The Bertz CT molecular complexity index is 589. The van der Waals surface area contributed by atoms with Crippen LogP contribution in [0.25, 0.3) is 0 Å². The van der Waals surface area contributed by atoms with E-state index in [1.165, 1.54) is 11.3 Å². The molecule has 0 spiro atoms. The van der Waals surface area contributed by atoms with Gasteiger partial charge in [-0.25, -0.2) is 0 Å². The highest BCUT2D eigenvalue weighted by Gasteiger charge is 2.16. The zero-order valence-corrected chi connectivity index (χ0v) is 12.8. The quantitative estimate of drug-likeness (QED) is 0.941. The molecular formula is C15H19N3OS. The molecule has 1 heterocycles. The minimum atomic E-state index is -0.0332. The Labute approximate surface area is 123 Å². The average molecular weight is 289 g/mol. The van der Waals surface area contributed by atoms with Crippen molar-refractivity contribution in [2.24, 2.45) is 0 Å². The van der Waals surface area contributed by atoms with Crippen molar-refractivity contribution < 1.29 is 4.79 Å². The summed E-state index contributed by atoms with van der Waals surface area (Å²) < 4.78 is 0. The summed E-state index contributed by atoms with van der Waals surface area (Å²) >= 11 is 1.38. The molecule has 0 aliphatic carbocycles. The van der Waals surface area contributed by atoms with Crippen molar-refractivity contribution in [2.45, 2.75) is 6.54 Å². The van der Waals surface area contributed by atoms with Crippen LogP contribution < -0.4 is 10.6 Å². The standard InChI is InChI=1S/C15H19N3OS/c1-17(2)12-6-4-11(5-7-12)10-18(3)15(19)14-13(16)8-9-20-14/h4-9H,10,16H2,1-3H3. The Morgan fingerprint density at radius 1 is 1.15 bits per heavy atom. The molecule has 2 aromatic rings. The highest BCUT2D eigenvalue weighted by atomic mass is 32.1. The summed E-state index contributed by atoms with van der Waals surface area (Å²) in [7, 11) is 5.80. The summed E-state index contributed by atoms with van der Waals surface area (Å²) in [6, 6.07) is 9.94. The average Bonchev–Trinajstić information content (AvgIpc) is 2.84. The van der Waals surface area contributed by atoms with E-state index in [1.54, 1.807) is 18.0 Å². The maximum Gasteiger partial charge on any atom is 0.266 e. The van der Waals surface area contributed by atoms with Gasteiger partial charge in [-0.3, -0.25) is 4.79 Å². The monoisotopic (exact) mass is 289 g/mol. The number of amides is 1. The van der Waals surface area contributed by atoms with Gasteiger partial charge in [0.15, 0.2) is 0 Å². The van der Waals surface area contributed by atoms with Gasteiger partial charge in [0.05, 0.1) is 5.69 Å². The number of nitrogens with two attached hydrogens (primary N) is 1. The molecule has 2 N–H and O–H groups in total. The van der Waals surface area contributed by atoms with Crippen molar-refractivity contribution in [1.82, 2.24) is 4.90 Å². The van der Waals surface area contributed by atoms with Crippen molar-refractivity contribution in [3.63, 3.8) is 0 Å². The summed E-state index contributed by atoms with van der Waals surface area (Å²) in [6.07, 6.45) is 0. The molecule has 0 fully saturated rings. The molecular weight excluding hydrogens is 270 g/mol. The van der Waals surface area contributed by atoms with Crippen LogP contribution in [-0.2, 0) is 6.54 Å². The fourth-order valence-electron chi connectivity index (χ4n) is 1.91. The molecule has 5 heteroatoms. The van der Waals surface area contributed by atoms with Crippen LogP contribution >= 0.6 is 11.3 Å². The first-order valence-corrected chi connectivity index (χ1v) is 7.21. The van der Waals surface area contributed by atoms with Crippen LogP contribution in [0.15, 0.2) is 35.7 Å². The van der Waals surface area contributed by atoms with Crippen LogP contribution in [0.2, 0.25) is 0 Å². The van der Waals surface area contributed by atoms with E-state index in [1.807, 2.05) is 48.6 Å². The Kier molecular flexibility index (Phi) is 4.29. The van der Waals surface area contributed by atoms with Gasteiger partial charge in [0, 0.05) is 33.4 Å². The van der Waals surface area contributed by atoms with Crippen LogP contribution in [0.5, 0.6) is 0 Å². The van der Waals surface area contributed by atoms with E-state index >= 15 is 0 Å². The number of rotatable bonds is 4. The third-order valence-corrected chi connectivity index (χ3v) is 4.03. The number of hydrogen-bond donors (Lipinski definition) is 1. The van der Waals surface area contributed by atoms with Gasteiger partial charge in [0.1, 0.15) is 4.88 Å². The number of hydrogen-bond acceptors (Lipinski definition) is 4. The smallest absolute Gasteiger partial charge is 0.266 e. The molecule has 0 radical (unpaired) electrons. The third-order valence-electron chi connectivity index (χ3n) is 3.11. The molecule has 1 aromatic carbocycles. The fourth-order valence-corrected chi connectivity index (χ4v) is 2.72. The minimum absolute atomic E-state index is 0.0332. The largest absolute Gasteiger partial charge is 0.397 e. The fraction of sp³-hybridized carbons (Fsp3) is 0.267. The first-order chi connectivity index (χ1) is 9.49. The van der Waals surface area contributed by atoms with Gasteiger partial charge in [0.2, 0.25) is 0 Å². The molecule has 0 aliphatic heterocycles. The zero-order chi connectivity index (χ0) is 14.7. The van der Waals surface area contributed by atoms with E-state index in [2.05, 4.69) is 0 Å². The molecule has 106 valence electrons. The van der Waals surface area contributed by atoms with Gasteiger partial charge in [-0.1, -0.05) is 12.1 Å². The van der Waals surface area contributed by atoms with E-state index in [9.17, 15) is 4.79 Å². The van der Waals surface area contributed by atoms with Crippen molar-refractivity contribution in [3.8, 4) is 0 Å². The Morgan fingerprint density at radius 2 is 1.80 bits per heavy atom. The molecule has 20 heavy (non-hydrogen) atoms. The van der Waals surface area contributed by atoms with Crippen molar-refractivity contribution in [1.29, 1.82) is 0 Å². The van der Waals surface area contributed by atoms with Crippen LogP contribution in [0.1, 0.15) is 15.2 Å². The predicted molar refractivity (Wildman–Crippen MR) is 85.3 cm³/mol. The summed E-state index contributed by atoms with van der Waals surface area (Å²) in [5.41, 5.74) is 8.58. The van der Waals surface area contributed by atoms with Gasteiger partial charge >= 0.3 is 0 Å². The number of anilines is 2. The molecule has 2 rings (SSSR count). The first kappa shape index (κ1) is 14.4. The molecule has 4 nitrogen and oxygen atoms in total. The zero-order valence-electron chi connectivity index (χ0n) is 12.0. The third kappa shape index (κ3) is 3.11. The van der Waals surface area contributed by atoms with Crippen molar-refractivity contribution in [3.05, 3.63) is 46.2 Å². The van der Waals surface area contributed by atoms with Gasteiger partial charge in [0.25, 0.3) is 5.91 Å². The molecule has 0 atom stereocenters. The second-order valence-electron chi connectivity index (χ2n) is 4.93. The summed E-state index contributed by atoms with van der Waals surface area (Å²) in [5, 5.41) is 1.84. The summed E-state index contributed by atoms with van der Waals surface area (Å²) in [4.78, 5) is 16.6. The lowest BCUT2D eigenvalue weighted by molar-refractivity contribution is 0.0791. The molecule has 0 aliphatic rings. The van der Waals surface area contributed by atoms with Crippen molar-refractivity contribution in [2.75, 3.05) is 31.8 Å². The molecule has 0 bridgehead atoms. The normalized spacial score (nSPS) is 10.3. The SMILES string of the molecule is CN(Cc1ccc(N(C)C)cc1)C(=O)c1sccc1N. The Morgan fingerprint density at radius 3 is 2.30 bits per heavy atom. The van der Waals surface area contributed by atoms with Gasteiger partial charge in [-0.15, -0.1) is 11.3 Å². The highest BCUT2D eigenvalue weighted by Crippen LogP contribution is 2.21. The molecule has 1 amide bonds. The number of nitrogens with zero attached hydrogens (tertiary/aromatic N) is 2. The Hall–Kier alpha value is -2.01. The van der Waals surface area contributed by atoms with E-state index in [-0.39, 0.29) is 5.91 Å². The van der Waals surface area contributed by atoms with E-state index in [0.29, 0.717) is 17.1 Å². The summed E-state index contributed by atoms with van der Waals surface area (Å²) in [6.45, 7) is 0.573. The van der Waals surface area contributed by atoms with E-state index in [4.69, 9.17) is 5.73 Å². The van der Waals surface area contributed by atoms with Crippen molar-refractivity contribution >= 4 is 28.6 Å². The topological polar surface area (TPSA) is 49.6 Å². The molecule has 1 aromatic heterocycles. The molecule has 0 unspecified atom stereocenters. The van der Waals surface area contributed by atoms with Gasteiger partial charge in [-0.2, -0.15) is 0 Å². The lowest BCUT2D eigenvalue weighted by Gasteiger charge is -2.18. The lowest BCUT2D eigenvalue weighted by atomic mass is 10.2. The van der Waals surface area contributed by atoms with Crippen LogP contribution in [0.4, 0.5) is 11.4 Å². The molecule has 0 saturated carbocycles. The van der Waals surface area contributed by atoms with E-state index in [0.717, 1.165) is 11.3 Å². The van der Waals surface area contributed by atoms with Crippen LogP contribution in [0, 0.1) is 0 Å². The number of carbonyl (C=O) groups is 1. The maximum absolute atomic E-state index is 12.3. The first-order valence-electron chi connectivity index (χ1n) is 6.33. The van der Waals surface area contributed by atoms with Gasteiger partial charge < -0.3 is 15.5 Å². The Balaban J connectivity index is 2.06. The molecule has 0 saturated heterocycles. The number of nitrogen functional groups attached to an aromatic ring is 1. The maximum atomic E-state index is 12.3. The van der Waals surface area contributed by atoms with Crippen LogP contribution in [0.3, 0.4) is 0 Å². The minimum Gasteiger partial charge on any atom is -0.397 e. The lowest BCUT2D eigenvalue weighted by Crippen LogP contribution is -2.26. The second-order valence-corrected chi connectivity index (χ2v) is 5.84. The number of carbonyl (C=O) groups excluding carboxylic acids is 1.